The number of benzene rings is 2. The van der Waals surface area contributed by atoms with Crippen LogP contribution < -0.4 is 14.8 Å². The molecule has 0 spiro atoms. The Morgan fingerprint density at radius 1 is 1.12 bits per heavy atom. The number of esters is 1. The van der Waals surface area contributed by atoms with E-state index in [0.717, 1.165) is 0 Å². The van der Waals surface area contributed by atoms with Gasteiger partial charge in [-0.1, -0.05) is 12.1 Å². The van der Waals surface area contributed by atoms with Gasteiger partial charge in [0, 0.05) is 11.8 Å². The molecule has 1 amide bonds. The molecule has 0 aliphatic heterocycles. The Morgan fingerprint density at radius 2 is 1.88 bits per heavy atom. The third kappa shape index (κ3) is 5.20. The van der Waals surface area contributed by atoms with Crippen LogP contribution in [0.2, 0.25) is 0 Å². The second-order valence-corrected chi connectivity index (χ2v) is 5.50. The van der Waals surface area contributed by atoms with Crippen molar-refractivity contribution in [2.75, 3.05) is 19.5 Å². The van der Waals surface area contributed by atoms with E-state index in [1.165, 1.54) is 33.3 Å². The molecule has 7 heteroatoms. The Balaban J connectivity index is 1.91. The number of hydrogen-bond donors (Lipinski definition) is 1. The van der Waals surface area contributed by atoms with E-state index in [4.69, 9.17) is 14.2 Å². The predicted molar refractivity (Wildman–Crippen MR) is 93.8 cm³/mol. The molecule has 26 heavy (non-hydrogen) atoms. The third-order valence-electron chi connectivity index (χ3n) is 3.58. The highest BCUT2D eigenvalue weighted by molar-refractivity contribution is 5.95. The second kappa shape index (κ2) is 8.84. The van der Waals surface area contributed by atoms with Crippen LogP contribution in [0.15, 0.2) is 42.5 Å². The molecule has 0 heterocycles. The molecule has 0 saturated heterocycles. The minimum absolute atomic E-state index is 0.0909. The maximum atomic E-state index is 13.6. The van der Waals surface area contributed by atoms with Crippen molar-refractivity contribution < 1.29 is 28.2 Å². The van der Waals surface area contributed by atoms with Crippen LogP contribution in [0, 0.1) is 5.82 Å². The lowest BCUT2D eigenvalue weighted by Crippen LogP contribution is -2.30. The summed E-state index contributed by atoms with van der Waals surface area (Å²) in [6.07, 6.45) is -1.16. The van der Waals surface area contributed by atoms with Gasteiger partial charge in [0.15, 0.2) is 17.7 Å². The summed E-state index contributed by atoms with van der Waals surface area (Å²) in [5.74, 6) is -1.00. The molecular formula is C19H20FNO5. The Morgan fingerprint density at radius 3 is 2.54 bits per heavy atom. The summed E-state index contributed by atoms with van der Waals surface area (Å²) >= 11 is 0. The normalized spacial score (nSPS) is 11.4. The lowest BCUT2D eigenvalue weighted by molar-refractivity contribution is -0.152. The average molecular weight is 361 g/mol. The average Bonchev–Trinajstić information content (AvgIpc) is 2.61. The highest BCUT2D eigenvalue weighted by atomic mass is 19.1. The molecule has 0 aromatic heterocycles. The van der Waals surface area contributed by atoms with Crippen molar-refractivity contribution in [2.45, 2.75) is 19.4 Å². The number of hydrogen-bond acceptors (Lipinski definition) is 5. The zero-order valence-corrected chi connectivity index (χ0v) is 14.7. The third-order valence-corrected chi connectivity index (χ3v) is 3.58. The van der Waals surface area contributed by atoms with Crippen molar-refractivity contribution in [3.63, 3.8) is 0 Å². The Labute approximate surface area is 150 Å². The van der Waals surface area contributed by atoms with Gasteiger partial charge in [-0.25, -0.2) is 4.39 Å². The van der Waals surface area contributed by atoms with Crippen molar-refractivity contribution in [2.24, 2.45) is 0 Å². The quantitative estimate of drug-likeness (QED) is 0.768. The molecule has 0 unspecified atom stereocenters. The van der Waals surface area contributed by atoms with Crippen LogP contribution in [0.3, 0.4) is 0 Å². The Kier molecular flexibility index (Phi) is 6.54. The van der Waals surface area contributed by atoms with E-state index in [2.05, 4.69) is 5.32 Å². The van der Waals surface area contributed by atoms with E-state index in [0.29, 0.717) is 17.0 Å². The van der Waals surface area contributed by atoms with Crippen LogP contribution in [0.25, 0.3) is 0 Å². The van der Waals surface area contributed by atoms with Crippen LogP contribution in [-0.2, 0) is 20.7 Å². The zero-order valence-electron chi connectivity index (χ0n) is 14.7. The predicted octanol–water partition coefficient (Wildman–Crippen LogP) is 2.96. The summed E-state index contributed by atoms with van der Waals surface area (Å²) in [5, 5.41) is 2.64. The van der Waals surface area contributed by atoms with E-state index in [1.54, 1.807) is 30.3 Å². The number of carbonyl (C=O) groups excluding carboxylic acids is 2. The first-order chi connectivity index (χ1) is 12.4. The standard InChI is InChI=1S/C19H20FNO5/c1-12(19(23)21-14-5-4-6-15(11-14)24-2)26-18(22)10-13-7-8-17(25-3)16(20)9-13/h4-9,11-12H,10H2,1-3H3,(H,21,23)/t12-/m1/s1. The highest BCUT2D eigenvalue weighted by Gasteiger charge is 2.19. The van der Waals surface area contributed by atoms with Crippen LogP contribution >= 0.6 is 0 Å². The molecule has 0 aliphatic carbocycles. The monoisotopic (exact) mass is 361 g/mol. The summed E-state index contributed by atoms with van der Waals surface area (Å²) in [7, 11) is 2.88. The minimum atomic E-state index is -1.00. The first-order valence-electron chi connectivity index (χ1n) is 7.89. The number of ether oxygens (including phenoxy) is 3. The fraction of sp³-hybridized carbons (Fsp3) is 0.263. The van der Waals surface area contributed by atoms with Crippen LogP contribution in [0.4, 0.5) is 10.1 Å². The highest BCUT2D eigenvalue weighted by Crippen LogP contribution is 2.19. The smallest absolute Gasteiger partial charge is 0.311 e. The van der Waals surface area contributed by atoms with Crippen molar-refractivity contribution in [3.05, 3.63) is 53.8 Å². The summed E-state index contributed by atoms with van der Waals surface area (Å²) in [4.78, 5) is 24.1. The number of anilines is 1. The molecule has 6 nitrogen and oxygen atoms in total. The van der Waals surface area contributed by atoms with Crippen LogP contribution in [-0.4, -0.2) is 32.2 Å². The molecule has 0 bridgehead atoms. The molecule has 0 aliphatic rings. The first kappa shape index (κ1) is 19.2. The van der Waals surface area contributed by atoms with Crippen molar-refractivity contribution in [3.8, 4) is 11.5 Å². The number of amides is 1. The lowest BCUT2D eigenvalue weighted by atomic mass is 10.1. The molecule has 2 rings (SSSR count). The largest absolute Gasteiger partial charge is 0.497 e. The Bertz CT molecular complexity index is 793. The van der Waals surface area contributed by atoms with Gasteiger partial charge in [-0.2, -0.15) is 0 Å². The summed E-state index contributed by atoms with van der Waals surface area (Å²) in [6, 6.07) is 11.0. The van der Waals surface area contributed by atoms with E-state index >= 15 is 0 Å². The minimum Gasteiger partial charge on any atom is -0.497 e. The van der Waals surface area contributed by atoms with E-state index in [-0.39, 0.29) is 12.2 Å². The van der Waals surface area contributed by atoms with Gasteiger partial charge in [-0.15, -0.1) is 0 Å². The molecule has 2 aromatic carbocycles. The number of methoxy groups -OCH3 is 2. The Hall–Kier alpha value is -3.09. The van der Waals surface area contributed by atoms with Crippen molar-refractivity contribution in [1.29, 1.82) is 0 Å². The SMILES string of the molecule is COc1cccc(NC(=O)[C@@H](C)OC(=O)Cc2ccc(OC)c(F)c2)c1. The summed E-state index contributed by atoms with van der Waals surface area (Å²) < 4.78 is 28.6. The van der Waals surface area contributed by atoms with Gasteiger partial charge in [-0.3, -0.25) is 9.59 Å². The van der Waals surface area contributed by atoms with Gasteiger partial charge in [0.25, 0.3) is 5.91 Å². The molecule has 1 N–H and O–H groups in total. The molecule has 2 aromatic rings. The van der Waals surface area contributed by atoms with Crippen molar-refractivity contribution >= 4 is 17.6 Å². The lowest BCUT2D eigenvalue weighted by Gasteiger charge is -2.14. The first-order valence-corrected chi connectivity index (χ1v) is 7.89. The number of rotatable bonds is 7. The number of nitrogens with one attached hydrogen (secondary N) is 1. The molecular weight excluding hydrogens is 341 g/mol. The number of halogens is 1. The van der Waals surface area contributed by atoms with Gasteiger partial charge in [-0.05, 0) is 36.8 Å². The molecule has 0 radical (unpaired) electrons. The van der Waals surface area contributed by atoms with Gasteiger partial charge in [0.1, 0.15) is 5.75 Å². The van der Waals surface area contributed by atoms with E-state index in [1.807, 2.05) is 0 Å². The summed E-state index contributed by atoms with van der Waals surface area (Å²) in [6.45, 7) is 1.46. The fourth-order valence-electron chi connectivity index (χ4n) is 2.22. The topological polar surface area (TPSA) is 73.9 Å². The van der Waals surface area contributed by atoms with E-state index < -0.39 is 23.8 Å². The van der Waals surface area contributed by atoms with Gasteiger partial charge >= 0.3 is 5.97 Å². The fourth-order valence-corrected chi connectivity index (χ4v) is 2.22. The van der Waals surface area contributed by atoms with E-state index in [9.17, 15) is 14.0 Å². The van der Waals surface area contributed by atoms with Gasteiger partial charge in [0.2, 0.25) is 0 Å². The maximum absolute atomic E-state index is 13.6. The maximum Gasteiger partial charge on any atom is 0.311 e. The number of carbonyl (C=O) groups is 2. The van der Waals surface area contributed by atoms with Crippen LogP contribution in [0.5, 0.6) is 11.5 Å². The molecule has 0 saturated carbocycles. The zero-order chi connectivity index (χ0) is 19.1. The summed E-state index contributed by atoms with van der Waals surface area (Å²) in [5.41, 5.74) is 0.947. The van der Waals surface area contributed by atoms with Crippen molar-refractivity contribution in [1.82, 2.24) is 0 Å². The van der Waals surface area contributed by atoms with Crippen LogP contribution in [0.1, 0.15) is 12.5 Å². The van der Waals surface area contributed by atoms with Gasteiger partial charge < -0.3 is 19.5 Å². The molecule has 1 atom stereocenters. The molecule has 138 valence electrons. The molecule has 0 fully saturated rings. The van der Waals surface area contributed by atoms with Gasteiger partial charge in [0.05, 0.1) is 20.6 Å². The second-order valence-electron chi connectivity index (χ2n) is 5.50.